The molecule has 28 heavy (non-hydrogen) atoms. The molecule has 1 aromatic carbocycles. The highest BCUT2D eigenvalue weighted by Crippen LogP contribution is 2.26. The van der Waals surface area contributed by atoms with Crippen molar-refractivity contribution in [3.63, 3.8) is 0 Å². The van der Waals surface area contributed by atoms with E-state index in [0.717, 1.165) is 30.5 Å². The van der Waals surface area contributed by atoms with E-state index >= 15 is 0 Å². The first-order valence-electron chi connectivity index (χ1n) is 9.29. The molecule has 1 aromatic heterocycles. The minimum absolute atomic E-state index is 0.00222. The first-order valence-corrected chi connectivity index (χ1v) is 9.29. The van der Waals surface area contributed by atoms with Crippen LogP contribution in [0.4, 0.5) is 11.6 Å². The molecule has 0 bridgehead atoms. The molecule has 8 heteroatoms. The van der Waals surface area contributed by atoms with E-state index < -0.39 is 0 Å². The second-order valence-corrected chi connectivity index (χ2v) is 6.83. The standard InChI is InChI=1S/C20H27N5O3/c1-15-21-18(23(2)3)13-19(22-15)24-9-11-25(12-10-24)20(26)14-28-17-8-6-5-7-16(17)27-4/h5-8,13H,9-12,14H2,1-4H3. The van der Waals surface area contributed by atoms with E-state index in [4.69, 9.17) is 9.47 Å². The monoisotopic (exact) mass is 385 g/mol. The van der Waals surface area contributed by atoms with Crippen molar-refractivity contribution < 1.29 is 14.3 Å². The summed E-state index contributed by atoms with van der Waals surface area (Å²) in [7, 11) is 5.51. The van der Waals surface area contributed by atoms with Gasteiger partial charge in [0.25, 0.3) is 5.91 Å². The van der Waals surface area contributed by atoms with Crippen LogP contribution >= 0.6 is 0 Å². The van der Waals surface area contributed by atoms with Crippen molar-refractivity contribution in [1.29, 1.82) is 0 Å². The largest absolute Gasteiger partial charge is 0.493 e. The maximum atomic E-state index is 12.5. The second-order valence-electron chi connectivity index (χ2n) is 6.83. The van der Waals surface area contributed by atoms with Gasteiger partial charge in [-0.15, -0.1) is 0 Å². The van der Waals surface area contributed by atoms with Crippen LogP contribution in [0, 0.1) is 6.92 Å². The van der Waals surface area contributed by atoms with Crippen LogP contribution in [-0.2, 0) is 4.79 Å². The molecule has 150 valence electrons. The van der Waals surface area contributed by atoms with Crippen molar-refractivity contribution >= 4 is 17.5 Å². The van der Waals surface area contributed by atoms with E-state index in [1.807, 2.05) is 55.1 Å². The maximum Gasteiger partial charge on any atom is 0.260 e. The van der Waals surface area contributed by atoms with Crippen molar-refractivity contribution in [3.8, 4) is 11.5 Å². The number of ether oxygens (including phenoxy) is 2. The number of hydrogen-bond donors (Lipinski definition) is 0. The smallest absolute Gasteiger partial charge is 0.260 e. The molecule has 0 atom stereocenters. The van der Waals surface area contributed by atoms with Crippen molar-refractivity contribution in [2.24, 2.45) is 0 Å². The molecule has 8 nitrogen and oxygen atoms in total. The average molecular weight is 385 g/mol. The molecular formula is C20H27N5O3. The van der Waals surface area contributed by atoms with Gasteiger partial charge >= 0.3 is 0 Å². The number of carbonyl (C=O) groups is 1. The first kappa shape index (κ1) is 19.7. The normalized spacial score (nSPS) is 14.0. The number of para-hydroxylation sites is 2. The third kappa shape index (κ3) is 4.62. The minimum atomic E-state index is -0.0293. The van der Waals surface area contributed by atoms with E-state index in [-0.39, 0.29) is 12.5 Å². The number of nitrogens with zero attached hydrogens (tertiary/aromatic N) is 5. The molecule has 1 aliphatic heterocycles. The van der Waals surface area contributed by atoms with Gasteiger partial charge in [-0.3, -0.25) is 4.79 Å². The highest BCUT2D eigenvalue weighted by atomic mass is 16.5. The predicted octanol–water partition coefficient (Wildman–Crippen LogP) is 1.59. The maximum absolute atomic E-state index is 12.5. The number of aryl methyl sites for hydroxylation is 1. The van der Waals surface area contributed by atoms with Crippen LogP contribution in [0.15, 0.2) is 30.3 Å². The lowest BCUT2D eigenvalue weighted by Gasteiger charge is -2.35. The summed E-state index contributed by atoms with van der Waals surface area (Å²) in [5.41, 5.74) is 0. The number of anilines is 2. The number of aromatic nitrogens is 2. The van der Waals surface area contributed by atoms with Crippen LogP contribution in [0.5, 0.6) is 11.5 Å². The lowest BCUT2D eigenvalue weighted by Crippen LogP contribution is -2.50. The Morgan fingerprint density at radius 1 is 1.11 bits per heavy atom. The van der Waals surface area contributed by atoms with Crippen LogP contribution in [0.1, 0.15) is 5.82 Å². The molecule has 0 radical (unpaired) electrons. The number of piperazine rings is 1. The van der Waals surface area contributed by atoms with E-state index in [1.165, 1.54) is 0 Å². The van der Waals surface area contributed by atoms with Crippen molar-refractivity contribution in [1.82, 2.24) is 14.9 Å². The summed E-state index contributed by atoms with van der Waals surface area (Å²) < 4.78 is 10.9. The highest BCUT2D eigenvalue weighted by Gasteiger charge is 2.23. The Balaban J connectivity index is 1.56. The molecule has 3 rings (SSSR count). The summed E-state index contributed by atoms with van der Waals surface area (Å²) in [5, 5.41) is 0. The zero-order valence-electron chi connectivity index (χ0n) is 16.9. The zero-order valence-corrected chi connectivity index (χ0v) is 16.9. The number of rotatable bonds is 6. The number of benzene rings is 1. The predicted molar refractivity (Wildman–Crippen MR) is 108 cm³/mol. The molecule has 1 saturated heterocycles. The molecular weight excluding hydrogens is 358 g/mol. The van der Waals surface area contributed by atoms with Gasteiger partial charge in [0.05, 0.1) is 7.11 Å². The van der Waals surface area contributed by atoms with E-state index in [1.54, 1.807) is 13.2 Å². The third-order valence-electron chi connectivity index (χ3n) is 4.65. The van der Waals surface area contributed by atoms with Crippen LogP contribution in [0.3, 0.4) is 0 Å². The number of carbonyl (C=O) groups excluding carboxylic acids is 1. The van der Waals surface area contributed by atoms with Gasteiger partial charge in [0.15, 0.2) is 18.1 Å². The fourth-order valence-corrected chi connectivity index (χ4v) is 3.08. The molecule has 0 N–H and O–H groups in total. The van der Waals surface area contributed by atoms with E-state index in [9.17, 15) is 4.79 Å². The summed E-state index contributed by atoms with van der Waals surface area (Å²) in [6.45, 7) is 4.61. The fraction of sp³-hybridized carbons (Fsp3) is 0.450. The molecule has 2 aromatic rings. The quantitative estimate of drug-likeness (QED) is 0.748. The molecule has 0 aliphatic carbocycles. The SMILES string of the molecule is COc1ccccc1OCC(=O)N1CCN(c2cc(N(C)C)nc(C)n2)CC1. The number of hydrogen-bond acceptors (Lipinski definition) is 7. The lowest BCUT2D eigenvalue weighted by molar-refractivity contribution is -0.133. The molecule has 1 fully saturated rings. The van der Waals surface area contributed by atoms with Gasteiger partial charge in [0.1, 0.15) is 17.5 Å². The van der Waals surface area contributed by atoms with Gasteiger partial charge < -0.3 is 24.2 Å². The fourth-order valence-electron chi connectivity index (χ4n) is 3.08. The molecule has 1 aliphatic rings. The Morgan fingerprint density at radius 2 is 1.79 bits per heavy atom. The Hall–Kier alpha value is -3.03. The Labute approximate surface area is 165 Å². The second kappa shape index (κ2) is 8.77. The minimum Gasteiger partial charge on any atom is -0.493 e. The Kier molecular flexibility index (Phi) is 6.18. The van der Waals surface area contributed by atoms with Gasteiger partial charge in [-0.05, 0) is 19.1 Å². The van der Waals surface area contributed by atoms with Crippen LogP contribution in [-0.4, -0.2) is 74.8 Å². The summed E-state index contributed by atoms with van der Waals surface area (Å²) >= 11 is 0. The van der Waals surface area contributed by atoms with Crippen LogP contribution in [0.2, 0.25) is 0 Å². The first-order chi connectivity index (χ1) is 13.5. The Bertz CT molecular complexity index is 819. The topological polar surface area (TPSA) is 71.0 Å². The van der Waals surface area contributed by atoms with Gasteiger partial charge in [-0.2, -0.15) is 0 Å². The lowest BCUT2D eigenvalue weighted by atomic mass is 10.3. The third-order valence-corrected chi connectivity index (χ3v) is 4.65. The van der Waals surface area contributed by atoms with Crippen LogP contribution < -0.4 is 19.3 Å². The van der Waals surface area contributed by atoms with Crippen molar-refractivity contribution in [2.45, 2.75) is 6.92 Å². The molecule has 0 unspecified atom stereocenters. The van der Waals surface area contributed by atoms with Gasteiger partial charge in [-0.1, -0.05) is 12.1 Å². The number of methoxy groups -OCH3 is 1. The van der Waals surface area contributed by atoms with Gasteiger partial charge in [0, 0.05) is 46.3 Å². The average Bonchev–Trinajstić information content (AvgIpc) is 2.71. The van der Waals surface area contributed by atoms with Crippen molar-refractivity contribution in [3.05, 3.63) is 36.2 Å². The van der Waals surface area contributed by atoms with E-state index in [2.05, 4.69) is 14.9 Å². The highest BCUT2D eigenvalue weighted by molar-refractivity contribution is 5.78. The zero-order chi connectivity index (χ0) is 20.1. The summed E-state index contributed by atoms with van der Waals surface area (Å²) in [6.07, 6.45) is 0. The molecule has 0 spiro atoms. The summed E-state index contributed by atoms with van der Waals surface area (Å²) in [4.78, 5) is 27.5. The van der Waals surface area contributed by atoms with Gasteiger partial charge in [0.2, 0.25) is 0 Å². The molecule has 1 amide bonds. The van der Waals surface area contributed by atoms with E-state index in [0.29, 0.717) is 24.6 Å². The summed E-state index contributed by atoms with van der Waals surface area (Å²) in [6, 6.07) is 9.31. The Morgan fingerprint density at radius 3 is 2.43 bits per heavy atom. The van der Waals surface area contributed by atoms with Gasteiger partial charge in [-0.25, -0.2) is 9.97 Å². The number of amides is 1. The van der Waals surface area contributed by atoms with Crippen molar-refractivity contribution in [2.75, 3.05) is 63.8 Å². The molecule has 2 heterocycles. The summed E-state index contributed by atoms with van der Waals surface area (Å²) in [5.74, 6) is 3.68. The molecule has 0 saturated carbocycles. The van der Waals surface area contributed by atoms with Crippen LogP contribution in [0.25, 0.3) is 0 Å².